The number of nitrogens with zero attached hydrogens (tertiary/aromatic N) is 5. The standard InChI is InChI=1S/C23H23F2N5O2/c24-17-6-7-18(19(25)13-17)23(31)30-11-9-29(10-12-30)20-8-5-16(14-26-20)21-27-22(32-28-21)15-3-1-2-4-15/h5-8,13-15H,1-4,9-12H2. The lowest BCUT2D eigenvalue weighted by Gasteiger charge is -2.35. The quantitative estimate of drug-likeness (QED) is 0.611. The number of piperazine rings is 1. The van der Waals surface area contributed by atoms with Crippen LogP contribution in [0.2, 0.25) is 0 Å². The molecule has 166 valence electrons. The Morgan fingerprint density at radius 2 is 1.81 bits per heavy atom. The number of carbonyl (C=O) groups excluding carboxylic acids is 1. The maximum Gasteiger partial charge on any atom is 0.256 e. The second kappa shape index (κ2) is 8.64. The van der Waals surface area contributed by atoms with Crippen LogP contribution in [-0.2, 0) is 0 Å². The molecule has 9 heteroatoms. The molecule has 1 aliphatic carbocycles. The summed E-state index contributed by atoms with van der Waals surface area (Å²) < 4.78 is 32.5. The van der Waals surface area contributed by atoms with E-state index in [1.54, 1.807) is 11.1 Å². The molecular formula is C23H23F2N5O2. The number of carbonyl (C=O) groups is 1. The normalized spacial score (nSPS) is 17.2. The van der Waals surface area contributed by atoms with Crippen molar-refractivity contribution in [2.24, 2.45) is 0 Å². The summed E-state index contributed by atoms with van der Waals surface area (Å²) in [4.78, 5) is 25.3. The lowest BCUT2D eigenvalue weighted by molar-refractivity contribution is 0.0741. The predicted octanol–water partition coefficient (Wildman–Crippen LogP) is 4.03. The van der Waals surface area contributed by atoms with E-state index in [1.165, 1.54) is 18.9 Å². The first-order valence-corrected chi connectivity index (χ1v) is 10.9. The van der Waals surface area contributed by atoms with Crippen LogP contribution in [-0.4, -0.2) is 52.1 Å². The van der Waals surface area contributed by atoms with Crippen molar-refractivity contribution in [2.75, 3.05) is 31.1 Å². The van der Waals surface area contributed by atoms with Crippen LogP contribution >= 0.6 is 0 Å². The van der Waals surface area contributed by atoms with Crippen LogP contribution in [0.5, 0.6) is 0 Å². The van der Waals surface area contributed by atoms with Crippen molar-refractivity contribution in [2.45, 2.75) is 31.6 Å². The van der Waals surface area contributed by atoms with E-state index < -0.39 is 17.5 Å². The highest BCUT2D eigenvalue weighted by Gasteiger charge is 2.26. The molecule has 2 aromatic heterocycles. The highest BCUT2D eigenvalue weighted by atomic mass is 19.1. The van der Waals surface area contributed by atoms with Crippen molar-refractivity contribution >= 4 is 11.7 Å². The number of hydrogen-bond donors (Lipinski definition) is 0. The van der Waals surface area contributed by atoms with Gasteiger partial charge in [-0.25, -0.2) is 13.8 Å². The molecule has 0 unspecified atom stereocenters. The van der Waals surface area contributed by atoms with Crippen LogP contribution in [0.1, 0.15) is 47.8 Å². The largest absolute Gasteiger partial charge is 0.353 e. The van der Waals surface area contributed by atoms with Gasteiger partial charge >= 0.3 is 0 Å². The molecule has 32 heavy (non-hydrogen) atoms. The Hall–Kier alpha value is -3.36. The molecule has 0 atom stereocenters. The van der Waals surface area contributed by atoms with Crippen LogP contribution in [0.4, 0.5) is 14.6 Å². The molecule has 3 heterocycles. The molecular weight excluding hydrogens is 416 g/mol. The molecule has 1 aliphatic heterocycles. The minimum Gasteiger partial charge on any atom is -0.353 e. The van der Waals surface area contributed by atoms with E-state index in [2.05, 4.69) is 20.0 Å². The van der Waals surface area contributed by atoms with E-state index in [-0.39, 0.29) is 5.56 Å². The molecule has 3 aromatic rings. The summed E-state index contributed by atoms with van der Waals surface area (Å²) >= 11 is 0. The summed E-state index contributed by atoms with van der Waals surface area (Å²) in [6.45, 7) is 1.98. The number of pyridine rings is 1. The number of anilines is 1. The Bertz CT molecular complexity index is 1100. The summed E-state index contributed by atoms with van der Waals surface area (Å²) in [5, 5.41) is 4.11. The van der Waals surface area contributed by atoms with Gasteiger partial charge in [0.2, 0.25) is 11.7 Å². The predicted molar refractivity (Wildman–Crippen MR) is 113 cm³/mol. The second-order valence-electron chi connectivity index (χ2n) is 8.25. The van der Waals surface area contributed by atoms with Gasteiger partial charge in [0, 0.05) is 49.9 Å². The molecule has 0 spiro atoms. The molecule has 0 bridgehead atoms. The first-order valence-electron chi connectivity index (χ1n) is 10.9. The average Bonchev–Trinajstić information content (AvgIpc) is 3.51. The fourth-order valence-electron chi connectivity index (χ4n) is 4.37. The maximum atomic E-state index is 13.9. The molecule has 1 saturated heterocycles. The van der Waals surface area contributed by atoms with Crippen molar-refractivity contribution in [3.05, 3.63) is 59.6 Å². The van der Waals surface area contributed by atoms with E-state index in [9.17, 15) is 13.6 Å². The van der Waals surface area contributed by atoms with Crippen LogP contribution in [0, 0.1) is 11.6 Å². The Kier molecular flexibility index (Phi) is 5.55. The van der Waals surface area contributed by atoms with E-state index in [4.69, 9.17) is 4.52 Å². The topological polar surface area (TPSA) is 75.4 Å². The molecule has 7 nitrogen and oxygen atoms in total. The Balaban J connectivity index is 1.21. The van der Waals surface area contributed by atoms with Gasteiger partial charge in [0.25, 0.3) is 5.91 Å². The van der Waals surface area contributed by atoms with Crippen molar-refractivity contribution in [3.63, 3.8) is 0 Å². The van der Waals surface area contributed by atoms with Gasteiger partial charge in [-0.1, -0.05) is 18.0 Å². The smallest absolute Gasteiger partial charge is 0.256 e. The van der Waals surface area contributed by atoms with Gasteiger partial charge in [0.05, 0.1) is 5.56 Å². The molecule has 2 fully saturated rings. The van der Waals surface area contributed by atoms with E-state index >= 15 is 0 Å². The van der Waals surface area contributed by atoms with Crippen molar-refractivity contribution in [3.8, 4) is 11.4 Å². The minimum absolute atomic E-state index is 0.112. The number of amides is 1. The fourth-order valence-corrected chi connectivity index (χ4v) is 4.37. The van der Waals surface area contributed by atoms with Crippen LogP contribution in [0.25, 0.3) is 11.4 Å². The van der Waals surface area contributed by atoms with Gasteiger partial charge in [-0.2, -0.15) is 4.98 Å². The van der Waals surface area contributed by atoms with Crippen LogP contribution in [0.3, 0.4) is 0 Å². The van der Waals surface area contributed by atoms with E-state index in [1.807, 2.05) is 12.1 Å². The minimum atomic E-state index is -0.841. The Labute approximate surface area is 184 Å². The van der Waals surface area contributed by atoms with Crippen LogP contribution in [0.15, 0.2) is 41.1 Å². The number of aromatic nitrogens is 3. The highest BCUT2D eigenvalue weighted by molar-refractivity contribution is 5.94. The molecule has 1 aromatic carbocycles. The Morgan fingerprint density at radius 3 is 2.50 bits per heavy atom. The first-order chi connectivity index (χ1) is 15.6. The molecule has 1 saturated carbocycles. The average molecular weight is 439 g/mol. The summed E-state index contributed by atoms with van der Waals surface area (Å²) in [7, 11) is 0. The zero-order valence-electron chi connectivity index (χ0n) is 17.5. The van der Waals surface area contributed by atoms with Gasteiger partial charge in [0.15, 0.2) is 0 Å². The molecule has 1 amide bonds. The third-order valence-corrected chi connectivity index (χ3v) is 6.20. The zero-order chi connectivity index (χ0) is 22.1. The number of benzene rings is 1. The third-order valence-electron chi connectivity index (χ3n) is 6.20. The second-order valence-corrected chi connectivity index (χ2v) is 8.25. The monoisotopic (exact) mass is 439 g/mol. The van der Waals surface area contributed by atoms with Crippen molar-refractivity contribution < 1.29 is 18.1 Å². The maximum absolute atomic E-state index is 13.9. The van der Waals surface area contributed by atoms with E-state index in [0.717, 1.165) is 36.4 Å². The molecule has 2 aliphatic rings. The van der Waals surface area contributed by atoms with Gasteiger partial charge in [0.1, 0.15) is 17.5 Å². The van der Waals surface area contributed by atoms with Gasteiger partial charge in [-0.15, -0.1) is 0 Å². The number of hydrogen-bond acceptors (Lipinski definition) is 6. The zero-order valence-corrected chi connectivity index (χ0v) is 17.5. The molecule has 5 rings (SSSR count). The molecule has 0 radical (unpaired) electrons. The van der Waals surface area contributed by atoms with Crippen molar-refractivity contribution in [1.29, 1.82) is 0 Å². The summed E-state index contributed by atoms with van der Waals surface area (Å²) in [6.07, 6.45) is 6.33. The summed E-state index contributed by atoms with van der Waals surface area (Å²) in [5.41, 5.74) is 0.682. The lowest BCUT2D eigenvalue weighted by atomic mass is 10.1. The van der Waals surface area contributed by atoms with Gasteiger partial charge < -0.3 is 14.3 Å². The summed E-state index contributed by atoms with van der Waals surface area (Å²) in [5.74, 6) is 0.434. The first kappa shape index (κ1) is 20.5. The third kappa shape index (κ3) is 4.06. The number of rotatable bonds is 4. The van der Waals surface area contributed by atoms with E-state index in [0.29, 0.717) is 43.8 Å². The Morgan fingerprint density at radius 1 is 1.03 bits per heavy atom. The summed E-state index contributed by atoms with van der Waals surface area (Å²) in [6, 6.07) is 6.83. The van der Waals surface area contributed by atoms with Crippen LogP contribution < -0.4 is 4.90 Å². The van der Waals surface area contributed by atoms with Crippen molar-refractivity contribution in [1.82, 2.24) is 20.0 Å². The van der Waals surface area contributed by atoms with Gasteiger partial charge in [-0.05, 0) is 37.1 Å². The highest BCUT2D eigenvalue weighted by Crippen LogP contribution is 2.34. The van der Waals surface area contributed by atoms with Gasteiger partial charge in [-0.3, -0.25) is 4.79 Å². The lowest BCUT2D eigenvalue weighted by Crippen LogP contribution is -2.49. The SMILES string of the molecule is O=C(c1ccc(F)cc1F)N1CCN(c2ccc(-c3noc(C4CCCC4)n3)cn2)CC1. The fraction of sp³-hybridized carbons (Fsp3) is 0.391. The molecule has 0 N–H and O–H groups in total. The number of halogens is 2.